The number of ketones is 1. The number of aryl methyl sites for hydroxylation is 1. The minimum absolute atomic E-state index is 0.114. The number of carbonyl (C=O) groups excluding carboxylic acids is 1. The molecule has 0 aliphatic heterocycles. The third-order valence-corrected chi connectivity index (χ3v) is 2.13. The van der Waals surface area contributed by atoms with Gasteiger partial charge in [0.1, 0.15) is 17.1 Å². The number of rotatable bonds is 2. The van der Waals surface area contributed by atoms with Crippen molar-refractivity contribution in [1.82, 2.24) is 14.5 Å². The summed E-state index contributed by atoms with van der Waals surface area (Å²) in [7, 11) is 1.88. The Kier molecular flexibility index (Phi) is 2.04. The highest BCUT2D eigenvalue weighted by Crippen LogP contribution is 2.11. The summed E-state index contributed by atoms with van der Waals surface area (Å²) in [5, 5.41) is 0. The molecule has 2 rings (SSSR count). The van der Waals surface area contributed by atoms with Gasteiger partial charge in [-0.15, -0.1) is 0 Å². The minimum atomic E-state index is 0.114. The monoisotopic (exact) mass is 189 g/mol. The number of nitrogens with zero attached hydrogens (tertiary/aromatic N) is 3. The molecular formula is C10H11N3O. The first-order valence-electron chi connectivity index (χ1n) is 4.44. The lowest BCUT2D eigenvalue weighted by Crippen LogP contribution is -2.04. The van der Waals surface area contributed by atoms with Gasteiger partial charge < -0.3 is 4.57 Å². The zero-order valence-corrected chi connectivity index (χ0v) is 8.19. The Labute approximate surface area is 81.6 Å². The largest absolute Gasteiger partial charge is 0.315 e. The van der Waals surface area contributed by atoms with Crippen molar-refractivity contribution in [3.63, 3.8) is 0 Å². The Bertz CT molecular complexity index is 487. The second-order valence-electron chi connectivity index (χ2n) is 3.31. The SMILES string of the molecule is CC(=O)Cc1nc2cccnc2n1C. The number of fused-ring (bicyclic) bond motifs is 1. The molecule has 72 valence electrons. The van der Waals surface area contributed by atoms with Crippen molar-refractivity contribution < 1.29 is 4.79 Å². The maximum atomic E-state index is 11.0. The highest BCUT2D eigenvalue weighted by atomic mass is 16.1. The molecule has 0 aromatic carbocycles. The number of carbonyl (C=O) groups is 1. The van der Waals surface area contributed by atoms with Crippen LogP contribution in [0.2, 0.25) is 0 Å². The predicted octanol–water partition coefficient (Wildman–Crippen LogP) is 1.10. The van der Waals surface area contributed by atoms with Gasteiger partial charge in [-0.1, -0.05) is 0 Å². The lowest BCUT2D eigenvalue weighted by molar-refractivity contribution is -0.116. The van der Waals surface area contributed by atoms with E-state index in [1.807, 2.05) is 23.7 Å². The van der Waals surface area contributed by atoms with Gasteiger partial charge in [-0.3, -0.25) is 4.79 Å². The Hall–Kier alpha value is -1.71. The molecule has 2 heterocycles. The Balaban J connectivity index is 2.57. The summed E-state index contributed by atoms with van der Waals surface area (Å²) >= 11 is 0. The van der Waals surface area contributed by atoms with E-state index in [-0.39, 0.29) is 5.78 Å². The molecule has 0 spiro atoms. The van der Waals surface area contributed by atoms with E-state index in [0.29, 0.717) is 6.42 Å². The molecule has 2 aromatic rings. The quantitative estimate of drug-likeness (QED) is 0.710. The van der Waals surface area contributed by atoms with Crippen molar-refractivity contribution in [2.45, 2.75) is 13.3 Å². The zero-order chi connectivity index (χ0) is 10.1. The van der Waals surface area contributed by atoms with Crippen molar-refractivity contribution >= 4 is 16.9 Å². The molecular weight excluding hydrogens is 178 g/mol. The van der Waals surface area contributed by atoms with Crippen LogP contribution in [0.25, 0.3) is 11.2 Å². The van der Waals surface area contributed by atoms with E-state index in [9.17, 15) is 4.79 Å². The summed E-state index contributed by atoms with van der Waals surface area (Å²) in [5.41, 5.74) is 1.66. The average molecular weight is 189 g/mol. The van der Waals surface area contributed by atoms with Crippen LogP contribution in [0, 0.1) is 0 Å². The van der Waals surface area contributed by atoms with Crippen LogP contribution < -0.4 is 0 Å². The number of pyridine rings is 1. The second kappa shape index (κ2) is 3.21. The lowest BCUT2D eigenvalue weighted by Gasteiger charge is -1.97. The average Bonchev–Trinajstić information content (AvgIpc) is 2.44. The lowest BCUT2D eigenvalue weighted by atomic mass is 10.3. The fraction of sp³-hybridized carbons (Fsp3) is 0.300. The fourth-order valence-electron chi connectivity index (χ4n) is 1.45. The number of hydrogen-bond acceptors (Lipinski definition) is 3. The van der Waals surface area contributed by atoms with E-state index < -0.39 is 0 Å². The first-order chi connectivity index (χ1) is 6.68. The molecule has 0 bridgehead atoms. The van der Waals surface area contributed by atoms with E-state index >= 15 is 0 Å². The maximum Gasteiger partial charge on any atom is 0.159 e. The van der Waals surface area contributed by atoms with Crippen LogP contribution in [-0.4, -0.2) is 20.3 Å². The summed E-state index contributed by atoms with van der Waals surface area (Å²) < 4.78 is 1.86. The Morgan fingerprint density at radius 3 is 3.00 bits per heavy atom. The van der Waals surface area contributed by atoms with Gasteiger partial charge in [0, 0.05) is 13.2 Å². The molecule has 0 atom stereocenters. The second-order valence-corrected chi connectivity index (χ2v) is 3.31. The third-order valence-electron chi connectivity index (χ3n) is 2.13. The molecule has 0 aliphatic carbocycles. The predicted molar refractivity (Wildman–Crippen MR) is 52.9 cm³/mol. The standard InChI is InChI=1S/C10H11N3O/c1-7(14)6-9-12-8-4-3-5-11-10(8)13(9)2/h3-5H,6H2,1-2H3. The number of Topliss-reactive ketones (excluding diaryl/α,β-unsaturated/α-hetero) is 1. The summed E-state index contributed by atoms with van der Waals surface area (Å²) in [6, 6.07) is 3.73. The Morgan fingerprint density at radius 1 is 1.57 bits per heavy atom. The van der Waals surface area contributed by atoms with Gasteiger partial charge in [-0.05, 0) is 19.1 Å². The molecule has 0 saturated carbocycles. The van der Waals surface area contributed by atoms with Crippen molar-refractivity contribution in [2.75, 3.05) is 0 Å². The van der Waals surface area contributed by atoms with Crippen LogP contribution in [-0.2, 0) is 18.3 Å². The normalized spacial score (nSPS) is 10.7. The Morgan fingerprint density at radius 2 is 2.36 bits per heavy atom. The van der Waals surface area contributed by atoms with E-state index in [0.717, 1.165) is 17.0 Å². The van der Waals surface area contributed by atoms with Crippen LogP contribution in [0.1, 0.15) is 12.7 Å². The van der Waals surface area contributed by atoms with Crippen LogP contribution >= 0.6 is 0 Å². The van der Waals surface area contributed by atoms with Crippen molar-refractivity contribution in [2.24, 2.45) is 7.05 Å². The van der Waals surface area contributed by atoms with Crippen molar-refractivity contribution in [1.29, 1.82) is 0 Å². The molecule has 14 heavy (non-hydrogen) atoms. The zero-order valence-electron chi connectivity index (χ0n) is 8.19. The van der Waals surface area contributed by atoms with Crippen LogP contribution in [0.3, 0.4) is 0 Å². The van der Waals surface area contributed by atoms with Crippen LogP contribution in [0.15, 0.2) is 18.3 Å². The van der Waals surface area contributed by atoms with E-state index in [1.165, 1.54) is 0 Å². The molecule has 4 nitrogen and oxygen atoms in total. The van der Waals surface area contributed by atoms with E-state index in [2.05, 4.69) is 9.97 Å². The van der Waals surface area contributed by atoms with Gasteiger partial charge in [-0.25, -0.2) is 9.97 Å². The highest BCUT2D eigenvalue weighted by molar-refractivity contribution is 5.79. The van der Waals surface area contributed by atoms with Crippen molar-refractivity contribution in [3.05, 3.63) is 24.2 Å². The molecule has 0 saturated heterocycles. The number of imidazole rings is 1. The van der Waals surface area contributed by atoms with E-state index in [1.54, 1.807) is 13.1 Å². The summed E-state index contributed by atoms with van der Waals surface area (Å²) in [6.07, 6.45) is 2.09. The summed E-state index contributed by atoms with van der Waals surface area (Å²) in [5.74, 6) is 0.884. The van der Waals surface area contributed by atoms with Gasteiger partial charge >= 0.3 is 0 Å². The molecule has 0 aliphatic rings. The molecule has 4 heteroatoms. The smallest absolute Gasteiger partial charge is 0.159 e. The van der Waals surface area contributed by atoms with Gasteiger partial charge in [0.25, 0.3) is 0 Å². The first-order valence-corrected chi connectivity index (χ1v) is 4.44. The van der Waals surface area contributed by atoms with Crippen LogP contribution in [0.4, 0.5) is 0 Å². The molecule has 0 N–H and O–H groups in total. The maximum absolute atomic E-state index is 11.0. The number of aromatic nitrogens is 3. The third kappa shape index (κ3) is 1.39. The summed E-state index contributed by atoms with van der Waals surface area (Å²) in [6.45, 7) is 1.56. The topological polar surface area (TPSA) is 47.8 Å². The first kappa shape index (κ1) is 8.87. The van der Waals surface area contributed by atoms with Gasteiger partial charge in [0.15, 0.2) is 5.65 Å². The molecule has 0 radical (unpaired) electrons. The van der Waals surface area contributed by atoms with E-state index in [4.69, 9.17) is 0 Å². The highest BCUT2D eigenvalue weighted by Gasteiger charge is 2.09. The number of hydrogen-bond donors (Lipinski definition) is 0. The van der Waals surface area contributed by atoms with Crippen molar-refractivity contribution in [3.8, 4) is 0 Å². The molecule has 0 fully saturated rings. The molecule has 0 amide bonds. The van der Waals surface area contributed by atoms with Gasteiger partial charge in [0.05, 0.1) is 6.42 Å². The summed E-state index contributed by atoms with van der Waals surface area (Å²) in [4.78, 5) is 19.5. The fourth-order valence-corrected chi connectivity index (χ4v) is 1.45. The minimum Gasteiger partial charge on any atom is -0.315 e. The van der Waals surface area contributed by atoms with Crippen LogP contribution in [0.5, 0.6) is 0 Å². The molecule has 2 aromatic heterocycles. The molecule has 0 unspecified atom stereocenters. The van der Waals surface area contributed by atoms with Gasteiger partial charge in [0.2, 0.25) is 0 Å². The van der Waals surface area contributed by atoms with Gasteiger partial charge in [-0.2, -0.15) is 0 Å².